The van der Waals surface area contributed by atoms with Gasteiger partial charge in [0, 0.05) is 12.1 Å². The second-order valence-electron chi connectivity index (χ2n) is 4.83. The van der Waals surface area contributed by atoms with Crippen LogP contribution in [0.3, 0.4) is 0 Å². The van der Waals surface area contributed by atoms with E-state index in [0.717, 1.165) is 0 Å². The van der Waals surface area contributed by atoms with E-state index in [4.69, 9.17) is 0 Å². The first-order valence-electron chi connectivity index (χ1n) is 6.06. The second kappa shape index (κ2) is 4.36. The molecule has 1 aromatic rings. The minimum absolute atomic E-state index is 0.603. The second-order valence-corrected chi connectivity index (χ2v) is 4.83. The Labute approximate surface area is 92.9 Å². The molecule has 0 amide bonds. The SMILES string of the molecule is CCC(C)c1ccc(C2CC(C)N2)cc1. The summed E-state index contributed by atoms with van der Waals surface area (Å²) in [6.45, 7) is 6.77. The predicted octanol–water partition coefficient (Wildman–Crippen LogP) is 3.62. The number of rotatable bonds is 3. The summed E-state index contributed by atoms with van der Waals surface area (Å²) in [6, 6.07) is 10.4. The highest BCUT2D eigenvalue weighted by molar-refractivity contribution is 5.28. The summed E-state index contributed by atoms with van der Waals surface area (Å²) >= 11 is 0. The molecule has 1 heteroatoms. The van der Waals surface area contributed by atoms with E-state index in [9.17, 15) is 0 Å². The summed E-state index contributed by atoms with van der Waals surface area (Å²) < 4.78 is 0. The molecule has 3 unspecified atom stereocenters. The maximum absolute atomic E-state index is 3.52. The molecule has 0 spiro atoms. The Hall–Kier alpha value is -0.820. The highest BCUT2D eigenvalue weighted by Gasteiger charge is 2.25. The molecule has 15 heavy (non-hydrogen) atoms. The van der Waals surface area contributed by atoms with E-state index in [2.05, 4.69) is 50.4 Å². The van der Waals surface area contributed by atoms with Gasteiger partial charge in [0.15, 0.2) is 0 Å². The van der Waals surface area contributed by atoms with Crippen molar-refractivity contribution in [3.63, 3.8) is 0 Å². The zero-order chi connectivity index (χ0) is 10.8. The fraction of sp³-hybridized carbons (Fsp3) is 0.571. The van der Waals surface area contributed by atoms with Gasteiger partial charge in [0.2, 0.25) is 0 Å². The van der Waals surface area contributed by atoms with Crippen LogP contribution < -0.4 is 5.32 Å². The normalized spacial score (nSPS) is 27.1. The molecule has 82 valence electrons. The summed E-state index contributed by atoms with van der Waals surface area (Å²) in [7, 11) is 0. The highest BCUT2D eigenvalue weighted by Crippen LogP contribution is 2.28. The Bertz CT molecular complexity index is 309. The third-order valence-corrected chi connectivity index (χ3v) is 3.60. The van der Waals surface area contributed by atoms with Gasteiger partial charge in [0.1, 0.15) is 0 Å². The van der Waals surface area contributed by atoms with Crippen molar-refractivity contribution in [2.45, 2.75) is 51.6 Å². The van der Waals surface area contributed by atoms with Gasteiger partial charge in [-0.05, 0) is 36.8 Å². The van der Waals surface area contributed by atoms with Gasteiger partial charge in [-0.15, -0.1) is 0 Å². The van der Waals surface area contributed by atoms with Crippen LogP contribution in [0.15, 0.2) is 24.3 Å². The molecular formula is C14H21N. The Morgan fingerprint density at radius 2 is 1.93 bits per heavy atom. The van der Waals surface area contributed by atoms with Crippen molar-refractivity contribution in [1.29, 1.82) is 0 Å². The molecule has 1 aromatic carbocycles. The molecule has 2 rings (SSSR count). The van der Waals surface area contributed by atoms with E-state index in [1.807, 2.05) is 0 Å². The van der Waals surface area contributed by atoms with E-state index >= 15 is 0 Å². The first-order chi connectivity index (χ1) is 7.20. The van der Waals surface area contributed by atoms with Crippen molar-refractivity contribution in [2.75, 3.05) is 0 Å². The summed E-state index contributed by atoms with van der Waals surface area (Å²) in [5.74, 6) is 0.687. The van der Waals surface area contributed by atoms with Gasteiger partial charge in [-0.3, -0.25) is 0 Å². The lowest BCUT2D eigenvalue weighted by molar-refractivity contribution is 0.288. The van der Waals surface area contributed by atoms with E-state index in [-0.39, 0.29) is 0 Å². The predicted molar refractivity (Wildman–Crippen MR) is 65.1 cm³/mol. The Balaban J connectivity index is 2.04. The third-order valence-electron chi connectivity index (χ3n) is 3.60. The van der Waals surface area contributed by atoms with Gasteiger partial charge in [0.25, 0.3) is 0 Å². The van der Waals surface area contributed by atoms with E-state index in [0.29, 0.717) is 18.0 Å². The highest BCUT2D eigenvalue weighted by atomic mass is 15.0. The van der Waals surface area contributed by atoms with Gasteiger partial charge in [-0.25, -0.2) is 0 Å². The van der Waals surface area contributed by atoms with Crippen molar-refractivity contribution in [2.24, 2.45) is 0 Å². The molecule has 1 aliphatic heterocycles. The molecule has 0 bridgehead atoms. The number of nitrogens with one attached hydrogen (secondary N) is 1. The van der Waals surface area contributed by atoms with Gasteiger partial charge >= 0.3 is 0 Å². The molecule has 0 saturated carbocycles. The van der Waals surface area contributed by atoms with Crippen LogP contribution in [0.4, 0.5) is 0 Å². The Kier molecular flexibility index (Phi) is 3.11. The fourth-order valence-electron chi connectivity index (χ4n) is 2.20. The molecule has 0 aliphatic carbocycles. The molecule has 1 N–H and O–H groups in total. The van der Waals surface area contributed by atoms with Crippen LogP contribution in [0.25, 0.3) is 0 Å². The summed E-state index contributed by atoms with van der Waals surface area (Å²) in [5.41, 5.74) is 2.91. The summed E-state index contributed by atoms with van der Waals surface area (Å²) in [5, 5.41) is 3.52. The van der Waals surface area contributed by atoms with E-state index < -0.39 is 0 Å². The lowest BCUT2D eigenvalue weighted by atomic mass is 9.90. The molecule has 0 radical (unpaired) electrons. The molecule has 1 heterocycles. The van der Waals surface area contributed by atoms with Gasteiger partial charge in [-0.1, -0.05) is 38.1 Å². The van der Waals surface area contributed by atoms with Gasteiger partial charge in [0.05, 0.1) is 0 Å². The summed E-state index contributed by atoms with van der Waals surface area (Å²) in [4.78, 5) is 0. The Morgan fingerprint density at radius 1 is 1.33 bits per heavy atom. The fourth-order valence-corrected chi connectivity index (χ4v) is 2.20. The van der Waals surface area contributed by atoms with Crippen molar-refractivity contribution >= 4 is 0 Å². The first-order valence-corrected chi connectivity index (χ1v) is 6.06. The largest absolute Gasteiger partial charge is 0.307 e. The summed E-state index contributed by atoms with van der Waals surface area (Å²) in [6.07, 6.45) is 2.50. The minimum Gasteiger partial charge on any atom is -0.307 e. The number of benzene rings is 1. The monoisotopic (exact) mass is 203 g/mol. The standard InChI is InChI=1S/C14H21N/c1-4-10(2)12-5-7-13(8-6-12)14-9-11(3)15-14/h5-8,10-11,14-15H,4,9H2,1-3H3. The van der Waals surface area contributed by atoms with Crippen LogP contribution in [0.1, 0.15) is 56.7 Å². The van der Waals surface area contributed by atoms with Crippen molar-refractivity contribution in [1.82, 2.24) is 5.32 Å². The zero-order valence-electron chi connectivity index (χ0n) is 9.96. The molecule has 0 aromatic heterocycles. The molecule has 1 saturated heterocycles. The average Bonchev–Trinajstić information content (AvgIpc) is 2.24. The molecule has 1 nitrogen and oxygen atoms in total. The minimum atomic E-state index is 0.603. The smallest absolute Gasteiger partial charge is 0.0337 e. The van der Waals surface area contributed by atoms with Crippen molar-refractivity contribution < 1.29 is 0 Å². The number of hydrogen-bond donors (Lipinski definition) is 1. The lowest BCUT2D eigenvalue weighted by Gasteiger charge is -2.35. The topological polar surface area (TPSA) is 12.0 Å². The van der Waals surface area contributed by atoms with E-state index in [1.54, 1.807) is 0 Å². The van der Waals surface area contributed by atoms with Crippen LogP contribution in [0.5, 0.6) is 0 Å². The van der Waals surface area contributed by atoms with Crippen molar-refractivity contribution in [3.8, 4) is 0 Å². The quantitative estimate of drug-likeness (QED) is 0.791. The average molecular weight is 203 g/mol. The first kappa shape index (κ1) is 10.7. The van der Waals surface area contributed by atoms with Crippen LogP contribution in [0, 0.1) is 0 Å². The molecule has 1 fully saturated rings. The van der Waals surface area contributed by atoms with Gasteiger partial charge < -0.3 is 5.32 Å². The third kappa shape index (κ3) is 2.23. The van der Waals surface area contributed by atoms with E-state index in [1.165, 1.54) is 24.0 Å². The Morgan fingerprint density at radius 3 is 2.40 bits per heavy atom. The number of hydrogen-bond acceptors (Lipinski definition) is 1. The zero-order valence-corrected chi connectivity index (χ0v) is 9.96. The van der Waals surface area contributed by atoms with Crippen molar-refractivity contribution in [3.05, 3.63) is 35.4 Å². The lowest BCUT2D eigenvalue weighted by Crippen LogP contribution is -2.43. The van der Waals surface area contributed by atoms with Crippen LogP contribution in [-0.2, 0) is 0 Å². The van der Waals surface area contributed by atoms with Gasteiger partial charge in [-0.2, -0.15) is 0 Å². The van der Waals surface area contributed by atoms with Crippen LogP contribution in [0.2, 0.25) is 0 Å². The maximum Gasteiger partial charge on any atom is 0.0337 e. The maximum atomic E-state index is 3.52. The molecule has 3 atom stereocenters. The van der Waals surface area contributed by atoms with Crippen LogP contribution in [-0.4, -0.2) is 6.04 Å². The molecular weight excluding hydrogens is 182 g/mol. The molecule has 1 aliphatic rings. The van der Waals surface area contributed by atoms with Crippen LogP contribution >= 0.6 is 0 Å².